The molecule has 1 aliphatic rings. The molecule has 2 heterocycles. The first-order valence-electron chi connectivity index (χ1n) is 5.62. The first kappa shape index (κ1) is 11.2. The largest absolute Gasteiger partial charge is 0.359 e. The van der Waals surface area contributed by atoms with Crippen molar-refractivity contribution in [1.29, 1.82) is 0 Å². The van der Waals surface area contributed by atoms with Gasteiger partial charge in [0.15, 0.2) is 5.82 Å². The number of nitrogens with one attached hydrogen (secondary N) is 1. The van der Waals surface area contributed by atoms with Crippen molar-refractivity contribution in [3.63, 3.8) is 0 Å². The molecule has 2 aromatic heterocycles. The summed E-state index contributed by atoms with van der Waals surface area (Å²) in [5.74, 6) is 1.34. The van der Waals surface area contributed by atoms with Crippen molar-refractivity contribution in [2.75, 3.05) is 5.32 Å². The third-order valence-electron chi connectivity index (χ3n) is 2.70. The topological polar surface area (TPSA) is 68.0 Å². The molecule has 0 bridgehead atoms. The highest BCUT2D eigenvalue weighted by atomic mass is 35.5. The fourth-order valence-corrected chi connectivity index (χ4v) is 1.78. The summed E-state index contributed by atoms with van der Waals surface area (Å²) >= 11 is 5.79. The molecular weight excluding hydrogens is 254 g/mol. The maximum atomic E-state index is 11.8. The zero-order chi connectivity index (χ0) is 12.5. The van der Waals surface area contributed by atoms with Gasteiger partial charge in [0.05, 0.1) is 0 Å². The molecule has 18 heavy (non-hydrogen) atoms. The molecular formula is C12H10ClN3O2. The van der Waals surface area contributed by atoms with Gasteiger partial charge in [-0.05, 0) is 25.0 Å². The number of amides is 1. The van der Waals surface area contributed by atoms with E-state index in [1.165, 1.54) is 12.3 Å². The number of halogens is 1. The Morgan fingerprint density at radius 1 is 1.44 bits per heavy atom. The molecule has 1 aliphatic carbocycles. The van der Waals surface area contributed by atoms with Crippen LogP contribution in [0.1, 0.15) is 35.0 Å². The van der Waals surface area contributed by atoms with E-state index in [4.69, 9.17) is 16.1 Å². The Morgan fingerprint density at radius 2 is 2.28 bits per heavy atom. The lowest BCUT2D eigenvalue weighted by atomic mass is 10.3. The highest BCUT2D eigenvalue weighted by Crippen LogP contribution is 2.40. The van der Waals surface area contributed by atoms with Crippen molar-refractivity contribution in [3.8, 4) is 0 Å². The number of hydrogen-bond acceptors (Lipinski definition) is 4. The van der Waals surface area contributed by atoms with Crippen LogP contribution in [0.3, 0.4) is 0 Å². The molecule has 3 rings (SSSR count). The van der Waals surface area contributed by atoms with E-state index in [0.29, 0.717) is 16.8 Å². The number of rotatable bonds is 3. The molecule has 0 unspecified atom stereocenters. The molecule has 0 aliphatic heterocycles. The predicted molar refractivity (Wildman–Crippen MR) is 65.7 cm³/mol. The van der Waals surface area contributed by atoms with Crippen molar-refractivity contribution < 1.29 is 9.32 Å². The summed E-state index contributed by atoms with van der Waals surface area (Å²) in [6.45, 7) is 0. The fourth-order valence-electron chi connectivity index (χ4n) is 1.62. The summed E-state index contributed by atoms with van der Waals surface area (Å²) in [5.41, 5.74) is 0.249. The summed E-state index contributed by atoms with van der Waals surface area (Å²) in [4.78, 5) is 15.8. The van der Waals surface area contributed by atoms with E-state index in [0.717, 1.165) is 18.6 Å². The van der Waals surface area contributed by atoms with Gasteiger partial charge in [0.25, 0.3) is 5.91 Å². The predicted octanol–water partition coefficient (Wildman–Crippen LogP) is 2.85. The van der Waals surface area contributed by atoms with E-state index in [1.54, 1.807) is 12.1 Å². The Bertz CT molecular complexity index is 593. The first-order chi connectivity index (χ1) is 8.72. The van der Waals surface area contributed by atoms with Crippen LogP contribution in [-0.4, -0.2) is 16.0 Å². The van der Waals surface area contributed by atoms with Crippen LogP contribution >= 0.6 is 11.6 Å². The molecule has 6 heteroatoms. The molecule has 1 N–H and O–H groups in total. The Hall–Kier alpha value is -1.88. The van der Waals surface area contributed by atoms with Gasteiger partial charge in [0.2, 0.25) is 0 Å². The van der Waals surface area contributed by atoms with Gasteiger partial charge in [-0.1, -0.05) is 16.8 Å². The molecule has 2 aromatic rings. The molecule has 0 atom stereocenters. The van der Waals surface area contributed by atoms with Gasteiger partial charge in [-0.15, -0.1) is 0 Å². The minimum absolute atomic E-state index is 0.249. The van der Waals surface area contributed by atoms with E-state index in [9.17, 15) is 4.79 Å². The van der Waals surface area contributed by atoms with Gasteiger partial charge in [-0.3, -0.25) is 9.78 Å². The molecule has 1 amide bonds. The summed E-state index contributed by atoms with van der Waals surface area (Å²) in [7, 11) is 0. The van der Waals surface area contributed by atoms with Gasteiger partial charge in [0.1, 0.15) is 11.5 Å². The lowest BCUT2D eigenvalue weighted by Gasteiger charge is -2.00. The van der Waals surface area contributed by atoms with Gasteiger partial charge in [-0.25, -0.2) is 0 Å². The zero-order valence-electron chi connectivity index (χ0n) is 9.39. The van der Waals surface area contributed by atoms with E-state index in [-0.39, 0.29) is 11.6 Å². The average Bonchev–Trinajstić information content (AvgIpc) is 3.11. The van der Waals surface area contributed by atoms with Gasteiger partial charge >= 0.3 is 0 Å². The quantitative estimate of drug-likeness (QED) is 0.925. The van der Waals surface area contributed by atoms with Crippen molar-refractivity contribution in [1.82, 2.24) is 10.1 Å². The van der Waals surface area contributed by atoms with Crippen molar-refractivity contribution in [2.24, 2.45) is 0 Å². The number of aromatic nitrogens is 2. The molecule has 0 aromatic carbocycles. The molecule has 0 radical (unpaired) electrons. The smallest absolute Gasteiger partial charge is 0.275 e. The van der Waals surface area contributed by atoms with Crippen LogP contribution in [0.5, 0.6) is 0 Å². The minimum atomic E-state index is -0.354. The fraction of sp³-hybridized carbons (Fsp3) is 0.250. The lowest BCUT2D eigenvalue weighted by Crippen LogP contribution is -2.13. The third kappa shape index (κ3) is 2.36. The maximum absolute atomic E-state index is 11.8. The van der Waals surface area contributed by atoms with Crippen LogP contribution in [0.2, 0.25) is 5.02 Å². The summed E-state index contributed by atoms with van der Waals surface area (Å²) < 4.78 is 5.14. The third-order valence-corrected chi connectivity index (χ3v) is 2.94. The Morgan fingerprint density at radius 3 is 3.00 bits per heavy atom. The van der Waals surface area contributed by atoms with E-state index in [2.05, 4.69) is 15.5 Å². The maximum Gasteiger partial charge on any atom is 0.275 e. The second-order valence-corrected chi connectivity index (χ2v) is 4.64. The van der Waals surface area contributed by atoms with Gasteiger partial charge in [-0.2, -0.15) is 0 Å². The van der Waals surface area contributed by atoms with Gasteiger partial charge in [0, 0.05) is 23.2 Å². The summed E-state index contributed by atoms with van der Waals surface area (Å²) in [6.07, 6.45) is 3.73. The average molecular weight is 264 g/mol. The molecule has 0 saturated heterocycles. The number of nitrogens with zero attached hydrogens (tertiary/aromatic N) is 2. The zero-order valence-corrected chi connectivity index (χ0v) is 10.1. The Labute approximate surface area is 108 Å². The van der Waals surface area contributed by atoms with Crippen molar-refractivity contribution in [2.45, 2.75) is 18.8 Å². The number of carbonyl (C=O) groups is 1. The van der Waals surface area contributed by atoms with Crippen LogP contribution in [-0.2, 0) is 0 Å². The molecule has 0 spiro atoms. The second kappa shape index (κ2) is 4.42. The van der Waals surface area contributed by atoms with E-state index < -0.39 is 0 Å². The Kier molecular flexibility index (Phi) is 2.76. The SMILES string of the molecule is O=C(Nc1cc(C2CC2)on1)c1cc(Cl)ccn1. The first-order valence-corrected chi connectivity index (χ1v) is 6.00. The van der Waals surface area contributed by atoms with E-state index in [1.807, 2.05) is 0 Å². The standard InChI is InChI=1S/C12H10ClN3O2/c13-8-3-4-14-9(5-8)12(17)15-11-6-10(18-16-11)7-1-2-7/h3-7H,1-2H2,(H,15,16,17). The normalized spacial score (nSPS) is 14.5. The van der Waals surface area contributed by atoms with E-state index >= 15 is 0 Å². The number of carbonyl (C=O) groups excluding carboxylic acids is 1. The summed E-state index contributed by atoms with van der Waals surface area (Å²) in [6, 6.07) is 4.86. The van der Waals surface area contributed by atoms with Crippen LogP contribution in [0.4, 0.5) is 5.82 Å². The van der Waals surface area contributed by atoms with Crippen molar-refractivity contribution >= 4 is 23.3 Å². The summed E-state index contributed by atoms with van der Waals surface area (Å²) in [5, 5.41) is 6.89. The highest BCUT2D eigenvalue weighted by molar-refractivity contribution is 6.30. The minimum Gasteiger partial charge on any atom is -0.359 e. The monoisotopic (exact) mass is 263 g/mol. The Balaban J connectivity index is 1.73. The van der Waals surface area contributed by atoms with Gasteiger partial charge < -0.3 is 9.84 Å². The van der Waals surface area contributed by atoms with Crippen LogP contribution in [0.15, 0.2) is 28.9 Å². The number of anilines is 1. The highest BCUT2D eigenvalue weighted by Gasteiger charge is 2.28. The van der Waals surface area contributed by atoms with Crippen LogP contribution in [0, 0.1) is 0 Å². The number of hydrogen-bond donors (Lipinski definition) is 1. The molecule has 1 fully saturated rings. The molecule has 5 nitrogen and oxygen atoms in total. The molecule has 1 saturated carbocycles. The second-order valence-electron chi connectivity index (χ2n) is 4.20. The van der Waals surface area contributed by atoms with Crippen molar-refractivity contribution in [3.05, 3.63) is 40.9 Å². The van der Waals surface area contributed by atoms with Crippen LogP contribution in [0.25, 0.3) is 0 Å². The van der Waals surface area contributed by atoms with Crippen LogP contribution < -0.4 is 5.32 Å². The lowest BCUT2D eigenvalue weighted by molar-refractivity contribution is 0.102. The molecule has 92 valence electrons. The number of pyridine rings is 1.